The van der Waals surface area contributed by atoms with Crippen LogP contribution in [-0.2, 0) is 10.8 Å². The van der Waals surface area contributed by atoms with E-state index in [1.54, 1.807) is 0 Å². The molecule has 0 saturated carbocycles. The second-order valence-corrected chi connectivity index (χ2v) is 22.9. The first-order chi connectivity index (χ1) is 34.4. The molecule has 356 valence electrons. The Morgan fingerprint density at radius 1 is 0.444 bits per heavy atom. The highest BCUT2D eigenvalue weighted by Crippen LogP contribution is 2.52. The molecule has 0 bridgehead atoms. The SMILES string of the molecule is Cc1ccc(-c2cc3ccccc3o2)c(C)c1N1c2cc(C(C)C)cc3c2B(c2c1oc1ccc(C(C)(C)C)cc21)c1c(oc2ccc(C(C)(C)C)cc12)N3c1c(C)ccc(-c2cc3ccccc3o2)c1C. The zero-order chi connectivity index (χ0) is 49.9. The van der Waals surface area contributed by atoms with Crippen molar-refractivity contribution in [3.8, 4) is 22.6 Å². The van der Waals surface area contributed by atoms with Gasteiger partial charge in [0, 0.05) is 55.0 Å². The molecule has 0 atom stereocenters. The number of aryl methyl sites for hydroxylation is 2. The van der Waals surface area contributed by atoms with Crippen LogP contribution in [0.1, 0.15) is 100 Å². The van der Waals surface area contributed by atoms with E-state index < -0.39 is 0 Å². The minimum absolute atomic E-state index is 0.103. The second-order valence-electron chi connectivity index (χ2n) is 22.9. The average molecular weight is 943 g/mol. The molecule has 6 nitrogen and oxygen atoms in total. The largest absolute Gasteiger partial charge is 0.456 e. The molecule has 4 aromatic heterocycles. The first-order valence-corrected chi connectivity index (χ1v) is 25.5. The zero-order valence-corrected chi connectivity index (χ0v) is 43.4. The quantitative estimate of drug-likeness (QED) is 0.160. The van der Waals surface area contributed by atoms with Gasteiger partial charge in [0.25, 0.3) is 6.71 Å². The molecule has 0 N–H and O–H groups in total. The minimum Gasteiger partial charge on any atom is -0.456 e. The van der Waals surface area contributed by atoms with Crippen molar-refractivity contribution in [1.82, 2.24) is 0 Å². The fourth-order valence-corrected chi connectivity index (χ4v) is 11.9. The molecule has 11 aromatic rings. The van der Waals surface area contributed by atoms with Gasteiger partial charge in [0.15, 0.2) is 0 Å². The summed E-state index contributed by atoms with van der Waals surface area (Å²) in [4.78, 5) is 4.92. The van der Waals surface area contributed by atoms with E-state index >= 15 is 0 Å². The molecule has 0 fully saturated rings. The third kappa shape index (κ3) is 6.48. The van der Waals surface area contributed by atoms with Gasteiger partial charge in [0.05, 0.1) is 11.4 Å². The summed E-state index contributed by atoms with van der Waals surface area (Å²) in [5, 5.41) is 4.38. The number of benzene rings is 7. The van der Waals surface area contributed by atoms with E-state index in [0.29, 0.717) is 0 Å². The Morgan fingerprint density at radius 3 is 1.28 bits per heavy atom. The standard InChI is InChI=1S/C65H59BN2O4/c1-35(2)42-29-49-59-50(30-42)68(61-37(4)22-26-46(39(61)6)56-32-41-18-14-16-20-52(41)70-56)63-58(48-34-44(65(10,11)12)24-28-54(48)72-63)66(59)57-47-33-43(64(7,8)9)23-27-53(47)71-62(57)67(49)60-36(3)21-25-45(38(60)5)55-31-40-17-13-15-19-51(40)69-55/h13-35H,1-12H3. The molecular weight excluding hydrogens is 884 g/mol. The topological polar surface area (TPSA) is 59.0 Å². The maximum atomic E-state index is 7.45. The van der Waals surface area contributed by atoms with E-state index in [9.17, 15) is 0 Å². The van der Waals surface area contributed by atoms with Crippen LogP contribution in [0.2, 0.25) is 0 Å². The number of hydrogen-bond donors (Lipinski definition) is 0. The molecule has 7 aromatic carbocycles. The van der Waals surface area contributed by atoms with Crippen LogP contribution in [0.15, 0.2) is 151 Å². The van der Waals surface area contributed by atoms with Gasteiger partial charge in [0.1, 0.15) is 33.9 Å². The highest BCUT2D eigenvalue weighted by atomic mass is 16.4. The van der Waals surface area contributed by atoms with Crippen LogP contribution in [0, 0.1) is 27.7 Å². The van der Waals surface area contributed by atoms with E-state index in [1.807, 2.05) is 24.3 Å². The molecule has 0 unspecified atom stereocenters. The Balaban J connectivity index is 1.18. The lowest BCUT2D eigenvalue weighted by Gasteiger charge is -2.42. The van der Waals surface area contributed by atoms with Crippen LogP contribution in [0.5, 0.6) is 0 Å². The molecule has 13 rings (SSSR count). The molecule has 0 aliphatic carbocycles. The van der Waals surface area contributed by atoms with Crippen LogP contribution >= 0.6 is 0 Å². The molecule has 0 radical (unpaired) electrons. The van der Waals surface area contributed by atoms with Gasteiger partial charge in [-0.2, -0.15) is 0 Å². The molecule has 0 amide bonds. The van der Waals surface area contributed by atoms with Gasteiger partial charge in [-0.3, -0.25) is 9.80 Å². The summed E-state index contributed by atoms with van der Waals surface area (Å²) in [5.74, 6) is 3.53. The normalized spacial score (nSPS) is 13.6. The van der Waals surface area contributed by atoms with Crippen LogP contribution in [0.25, 0.3) is 66.5 Å². The van der Waals surface area contributed by atoms with Crippen molar-refractivity contribution in [3.05, 3.63) is 172 Å². The number of para-hydroxylation sites is 2. The Morgan fingerprint density at radius 2 is 0.875 bits per heavy atom. The van der Waals surface area contributed by atoms with E-state index in [4.69, 9.17) is 17.7 Å². The van der Waals surface area contributed by atoms with E-state index in [2.05, 4.69) is 202 Å². The highest BCUT2D eigenvalue weighted by molar-refractivity contribution is 7.02. The van der Waals surface area contributed by atoms with E-state index in [-0.39, 0.29) is 23.5 Å². The lowest BCUT2D eigenvalue weighted by molar-refractivity contribution is 0.589. The van der Waals surface area contributed by atoms with Gasteiger partial charge in [-0.05, 0) is 150 Å². The molecule has 6 heterocycles. The Hall–Kier alpha value is -7.64. The molecule has 0 saturated heterocycles. The van der Waals surface area contributed by atoms with Crippen molar-refractivity contribution >= 4 is 101 Å². The van der Waals surface area contributed by atoms with Crippen molar-refractivity contribution < 1.29 is 17.7 Å². The lowest BCUT2D eigenvalue weighted by atomic mass is 9.33. The summed E-state index contributed by atoms with van der Waals surface area (Å²) in [6.45, 7) is 27.1. The highest BCUT2D eigenvalue weighted by Gasteiger charge is 2.50. The zero-order valence-electron chi connectivity index (χ0n) is 43.4. The first kappa shape index (κ1) is 44.3. The van der Waals surface area contributed by atoms with Crippen molar-refractivity contribution in [2.75, 3.05) is 9.80 Å². The van der Waals surface area contributed by atoms with E-state index in [0.717, 1.165) is 134 Å². The van der Waals surface area contributed by atoms with Gasteiger partial charge < -0.3 is 17.7 Å². The summed E-state index contributed by atoms with van der Waals surface area (Å²) in [6.07, 6.45) is 0. The minimum atomic E-state index is -0.250. The van der Waals surface area contributed by atoms with Crippen LogP contribution in [0.3, 0.4) is 0 Å². The number of nitrogens with zero attached hydrogens (tertiary/aromatic N) is 2. The Labute approximate surface area is 421 Å². The summed E-state index contributed by atoms with van der Waals surface area (Å²) in [7, 11) is 0. The third-order valence-corrected chi connectivity index (χ3v) is 15.8. The smallest absolute Gasteiger partial charge is 0.262 e. The van der Waals surface area contributed by atoms with Crippen LogP contribution in [-0.4, -0.2) is 6.71 Å². The predicted octanol–water partition coefficient (Wildman–Crippen LogP) is 17.0. The first-order valence-electron chi connectivity index (χ1n) is 25.5. The number of fused-ring (bicyclic) bond motifs is 10. The van der Waals surface area contributed by atoms with Gasteiger partial charge in [-0.25, -0.2) is 0 Å². The number of rotatable bonds is 5. The van der Waals surface area contributed by atoms with Crippen molar-refractivity contribution in [3.63, 3.8) is 0 Å². The van der Waals surface area contributed by atoms with Gasteiger partial charge >= 0.3 is 0 Å². The maximum absolute atomic E-state index is 7.45. The molecule has 0 spiro atoms. The second kappa shape index (κ2) is 15.4. The predicted molar refractivity (Wildman–Crippen MR) is 301 cm³/mol. The van der Waals surface area contributed by atoms with Crippen molar-refractivity contribution in [2.24, 2.45) is 0 Å². The van der Waals surface area contributed by atoms with E-state index in [1.165, 1.54) is 22.2 Å². The summed E-state index contributed by atoms with van der Waals surface area (Å²) in [6, 6.07) is 48.3. The Bertz CT molecular complexity index is 3750. The molecular formula is C65H59BN2O4. The van der Waals surface area contributed by atoms with Gasteiger partial charge in [0.2, 0.25) is 11.8 Å². The number of anilines is 6. The Kier molecular flexibility index (Phi) is 9.50. The van der Waals surface area contributed by atoms with Crippen LogP contribution in [0.4, 0.5) is 34.5 Å². The summed E-state index contributed by atoms with van der Waals surface area (Å²) < 4.78 is 28.2. The average Bonchev–Trinajstić information content (AvgIpc) is 4.14. The van der Waals surface area contributed by atoms with Crippen molar-refractivity contribution in [2.45, 2.75) is 99.8 Å². The molecule has 2 aliphatic heterocycles. The van der Waals surface area contributed by atoms with Crippen molar-refractivity contribution in [1.29, 1.82) is 0 Å². The third-order valence-electron chi connectivity index (χ3n) is 15.8. The van der Waals surface area contributed by atoms with Gasteiger partial charge in [-0.1, -0.05) is 128 Å². The number of furan rings is 4. The molecule has 7 heteroatoms. The van der Waals surface area contributed by atoms with Gasteiger partial charge in [-0.15, -0.1) is 0 Å². The summed E-state index contributed by atoms with van der Waals surface area (Å²) >= 11 is 0. The number of hydrogen-bond acceptors (Lipinski definition) is 6. The fraction of sp³-hybridized carbons (Fsp3) is 0.231. The monoisotopic (exact) mass is 942 g/mol. The summed E-state index contributed by atoms with van der Waals surface area (Å²) in [5.41, 5.74) is 21.4. The molecule has 2 aliphatic rings. The fourth-order valence-electron chi connectivity index (χ4n) is 11.9. The van der Waals surface area contributed by atoms with Crippen LogP contribution < -0.4 is 26.2 Å². The maximum Gasteiger partial charge on any atom is 0.262 e. The molecule has 72 heavy (non-hydrogen) atoms. The lowest BCUT2D eigenvalue weighted by Crippen LogP contribution is -2.61.